The number of carbonyl (C=O) groups is 2. The summed E-state index contributed by atoms with van der Waals surface area (Å²) >= 11 is 0. The van der Waals surface area contributed by atoms with Crippen molar-refractivity contribution in [2.24, 2.45) is 5.92 Å². The van der Waals surface area contributed by atoms with Crippen molar-refractivity contribution in [3.05, 3.63) is 35.4 Å². The van der Waals surface area contributed by atoms with Gasteiger partial charge in [-0.2, -0.15) is 0 Å². The van der Waals surface area contributed by atoms with Gasteiger partial charge in [-0.3, -0.25) is 9.59 Å². The van der Waals surface area contributed by atoms with E-state index in [1.54, 1.807) is 18.7 Å². The first-order valence-electron chi connectivity index (χ1n) is 7.57. The van der Waals surface area contributed by atoms with Gasteiger partial charge in [-0.05, 0) is 26.3 Å². The molecule has 0 bridgehead atoms. The van der Waals surface area contributed by atoms with Crippen LogP contribution in [0.4, 0.5) is 0 Å². The van der Waals surface area contributed by atoms with Crippen molar-refractivity contribution in [1.82, 2.24) is 10.2 Å². The van der Waals surface area contributed by atoms with Gasteiger partial charge in [0.2, 0.25) is 11.8 Å². The number of rotatable bonds is 5. The van der Waals surface area contributed by atoms with Gasteiger partial charge in [-0.15, -0.1) is 0 Å². The highest BCUT2D eigenvalue weighted by atomic mass is 16.3. The molecule has 1 aliphatic rings. The molecule has 2 amide bonds. The van der Waals surface area contributed by atoms with Gasteiger partial charge in [-0.25, -0.2) is 0 Å². The van der Waals surface area contributed by atoms with Crippen molar-refractivity contribution >= 4 is 11.8 Å². The summed E-state index contributed by atoms with van der Waals surface area (Å²) in [5.41, 5.74) is 1.58. The van der Waals surface area contributed by atoms with Gasteiger partial charge in [-0.1, -0.05) is 29.8 Å². The van der Waals surface area contributed by atoms with E-state index in [0.29, 0.717) is 13.1 Å². The molecule has 0 aromatic heterocycles. The molecule has 2 N–H and O–H groups in total. The van der Waals surface area contributed by atoms with Crippen LogP contribution in [-0.2, 0) is 16.1 Å². The number of hydrogen-bond acceptors (Lipinski definition) is 3. The van der Waals surface area contributed by atoms with Crippen molar-refractivity contribution in [1.29, 1.82) is 0 Å². The first-order chi connectivity index (χ1) is 10.3. The SMILES string of the molecule is Cc1ccc(CN2CC(C(=O)NC(C)(C)CO)CC2=O)cc1. The Kier molecular flexibility index (Phi) is 4.86. The Labute approximate surface area is 131 Å². The van der Waals surface area contributed by atoms with E-state index in [-0.39, 0.29) is 30.8 Å². The molecule has 1 heterocycles. The number of aliphatic hydroxyl groups is 1. The number of aliphatic hydroxyl groups excluding tert-OH is 1. The van der Waals surface area contributed by atoms with Crippen LogP contribution in [0, 0.1) is 12.8 Å². The Bertz CT molecular complexity index is 552. The number of aryl methyl sites for hydroxylation is 1. The molecule has 22 heavy (non-hydrogen) atoms. The number of carbonyl (C=O) groups excluding carboxylic acids is 2. The number of likely N-dealkylation sites (tertiary alicyclic amines) is 1. The highest BCUT2D eigenvalue weighted by Gasteiger charge is 2.35. The van der Waals surface area contributed by atoms with E-state index in [0.717, 1.165) is 5.56 Å². The molecule has 1 aromatic carbocycles. The molecule has 0 spiro atoms. The second-order valence-electron chi connectivity index (χ2n) is 6.69. The molecular weight excluding hydrogens is 280 g/mol. The first kappa shape index (κ1) is 16.5. The number of amides is 2. The summed E-state index contributed by atoms with van der Waals surface area (Å²) in [6, 6.07) is 8.05. The third-order valence-corrected chi connectivity index (χ3v) is 3.94. The van der Waals surface area contributed by atoms with Gasteiger partial charge >= 0.3 is 0 Å². The van der Waals surface area contributed by atoms with Gasteiger partial charge in [0.25, 0.3) is 0 Å². The molecular formula is C17H24N2O3. The molecule has 120 valence electrons. The van der Waals surface area contributed by atoms with Crippen LogP contribution in [0.3, 0.4) is 0 Å². The van der Waals surface area contributed by atoms with Crippen LogP contribution in [0.15, 0.2) is 24.3 Å². The molecule has 1 aromatic rings. The van der Waals surface area contributed by atoms with E-state index < -0.39 is 5.54 Å². The van der Waals surface area contributed by atoms with Crippen LogP contribution in [0.1, 0.15) is 31.4 Å². The van der Waals surface area contributed by atoms with Crippen LogP contribution in [0.25, 0.3) is 0 Å². The second-order valence-corrected chi connectivity index (χ2v) is 6.69. The number of hydrogen-bond donors (Lipinski definition) is 2. The summed E-state index contributed by atoms with van der Waals surface area (Å²) in [5.74, 6) is -0.509. The van der Waals surface area contributed by atoms with Crippen molar-refractivity contribution in [2.45, 2.75) is 39.3 Å². The minimum atomic E-state index is -0.662. The highest BCUT2D eigenvalue weighted by Crippen LogP contribution is 2.21. The third kappa shape index (κ3) is 4.07. The highest BCUT2D eigenvalue weighted by molar-refractivity contribution is 5.89. The number of benzene rings is 1. The average Bonchev–Trinajstić information content (AvgIpc) is 2.82. The quantitative estimate of drug-likeness (QED) is 0.859. The molecule has 1 saturated heterocycles. The van der Waals surface area contributed by atoms with Crippen LogP contribution in [0.5, 0.6) is 0 Å². The first-order valence-corrected chi connectivity index (χ1v) is 7.57. The van der Waals surface area contributed by atoms with Crippen molar-refractivity contribution in [2.75, 3.05) is 13.2 Å². The topological polar surface area (TPSA) is 69.6 Å². The molecule has 0 saturated carbocycles. The van der Waals surface area contributed by atoms with Gasteiger partial charge in [0, 0.05) is 19.5 Å². The van der Waals surface area contributed by atoms with Crippen molar-refractivity contribution in [3.8, 4) is 0 Å². The Balaban J connectivity index is 1.95. The van der Waals surface area contributed by atoms with E-state index in [4.69, 9.17) is 0 Å². The number of nitrogens with one attached hydrogen (secondary N) is 1. The lowest BCUT2D eigenvalue weighted by atomic mass is 10.0. The van der Waals surface area contributed by atoms with E-state index in [2.05, 4.69) is 5.32 Å². The third-order valence-electron chi connectivity index (χ3n) is 3.94. The largest absolute Gasteiger partial charge is 0.394 e. The van der Waals surface area contributed by atoms with Gasteiger partial charge < -0.3 is 15.3 Å². The zero-order valence-electron chi connectivity index (χ0n) is 13.4. The fourth-order valence-electron chi connectivity index (χ4n) is 2.49. The van der Waals surface area contributed by atoms with Crippen LogP contribution in [-0.4, -0.2) is 40.5 Å². The van der Waals surface area contributed by atoms with Crippen molar-refractivity contribution in [3.63, 3.8) is 0 Å². The van der Waals surface area contributed by atoms with E-state index >= 15 is 0 Å². The fourth-order valence-corrected chi connectivity index (χ4v) is 2.49. The Hall–Kier alpha value is -1.88. The van der Waals surface area contributed by atoms with Crippen molar-refractivity contribution < 1.29 is 14.7 Å². The minimum absolute atomic E-state index is 0.00234. The van der Waals surface area contributed by atoms with Crippen LogP contribution in [0.2, 0.25) is 0 Å². The maximum Gasteiger partial charge on any atom is 0.225 e. The van der Waals surface area contributed by atoms with Gasteiger partial charge in [0.1, 0.15) is 0 Å². The lowest BCUT2D eigenvalue weighted by molar-refractivity contribution is -0.129. The zero-order valence-corrected chi connectivity index (χ0v) is 13.4. The summed E-state index contributed by atoms with van der Waals surface area (Å²) in [6.45, 7) is 6.37. The second kappa shape index (κ2) is 6.48. The average molecular weight is 304 g/mol. The number of nitrogens with zero attached hydrogens (tertiary/aromatic N) is 1. The predicted molar refractivity (Wildman–Crippen MR) is 84.0 cm³/mol. The van der Waals surface area contributed by atoms with Gasteiger partial charge in [0.05, 0.1) is 18.1 Å². The smallest absolute Gasteiger partial charge is 0.225 e. The van der Waals surface area contributed by atoms with E-state index in [9.17, 15) is 14.7 Å². The molecule has 1 atom stereocenters. The minimum Gasteiger partial charge on any atom is -0.394 e. The Morgan fingerprint density at radius 1 is 1.36 bits per heavy atom. The lowest BCUT2D eigenvalue weighted by Crippen LogP contribution is -2.49. The summed E-state index contributed by atoms with van der Waals surface area (Å²) in [4.78, 5) is 26.0. The molecule has 1 aliphatic heterocycles. The maximum absolute atomic E-state index is 12.2. The van der Waals surface area contributed by atoms with E-state index in [1.807, 2.05) is 31.2 Å². The molecule has 0 aliphatic carbocycles. The normalized spacial score (nSPS) is 18.6. The summed E-state index contributed by atoms with van der Waals surface area (Å²) in [6.07, 6.45) is 0.235. The molecule has 1 fully saturated rings. The standard InChI is InChI=1S/C17H24N2O3/c1-12-4-6-13(7-5-12)9-19-10-14(8-15(19)21)16(22)18-17(2,3)11-20/h4-7,14,20H,8-11H2,1-3H3,(H,18,22). The molecule has 1 unspecified atom stereocenters. The predicted octanol–water partition coefficient (Wildman–Crippen LogP) is 1.23. The summed E-state index contributed by atoms with van der Waals surface area (Å²) in [7, 11) is 0. The Morgan fingerprint density at radius 2 is 2.00 bits per heavy atom. The maximum atomic E-state index is 12.2. The Morgan fingerprint density at radius 3 is 2.59 bits per heavy atom. The molecule has 5 heteroatoms. The van der Waals surface area contributed by atoms with E-state index in [1.165, 1.54) is 5.56 Å². The van der Waals surface area contributed by atoms with Gasteiger partial charge in [0.15, 0.2) is 0 Å². The lowest BCUT2D eigenvalue weighted by Gasteiger charge is -2.25. The summed E-state index contributed by atoms with van der Waals surface area (Å²) < 4.78 is 0. The van der Waals surface area contributed by atoms with Crippen LogP contribution < -0.4 is 5.32 Å². The zero-order chi connectivity index (χ0) is 16.3. The molecule has 0 radical (unpaired) electrons. The monoisotopic (exact) mass is 304 g/mol. The van der Waals surface area contributed by atoms with Crippen LogP contribution >= 0.6 is 0 Å². The fraction of sp³-hybridized carbons (Fsp3) is 0.529. The molecule has 5 nitrogen and oxygen atoms in total. The summed E-state index contributed by atoms with van der Waals surface area (Å²) in [5, 5.41) is 12.0. The molecule has 2 rings (SSSR count).